The number of aliphatic hydroxyl groups is 2. The maximum Gasteiger partial charge on any atom is 0.0521 e. The Morgan fingerprint density at radius 3 is 1.93 bits per heavy atom. The third-order valence-corrected chi connectivity index (χ3v) is 3.62. The van der Waals surface area contributed by atoms with Gasteiger partial charge in [0, 0.05) is 10.4 Å². The summed E-state index contributed by atoms with van der Waals surface area (Å²) < 4.78 is 1.09. The van der Waals surface area contributed by atoms with E-state index in [0.717, 1.165) is 21.2 Å². The Morgan fingerprint density at radius 2 is 1.57 bits per heavy atom. The van der Waals surface area contributed by atoms with Gasteiger partial charge >= 0.3 is 0 Å². The summed E-state index contributed by atoms with van der Waals surface area (Å²) in [5, 5.41) is 18.1. The van der Waals surface area contributed by atoms with E-state index in [0.29, 0.717) is 0 Å². The van der Waals surface area contributed by atoms with Crippen LogP contribution in [0.25, 0.3) is 0 Å². The minimum Gasteiger partial charge on any atom is -0.396 e. The van der Waals surface area contributed by atoms with Crippen molar-refractivity contribution in [2.75, 3.05) is 13.2 Å². The van der Waals surface area contributed by atoms with Crippen molar-refractivity contribution in [1.82, 2.24) is 0 Å². The highest BCUT2D eigenvalue weighted by Gasteiger charge is 2.11. The molecule has 0 saturated carbocycles. The lowest BCUT2D eigenvalue weighted by Gasteiger charge is -2.14. The van der Waals surface area contributed by atoms with Crippen molar-refractivity contribution in [3.05, 3.63) is 33.3 Å². The Balaban J connectivity index is 3.11. The van der Waals surface area contributed by atoms with Crippen LogP contribution in [-0.4, -0.2) is 23.4 Å². The molecule has 0 amide bonds. The molecule has 0 unspecified atom stereocenters. The summed E-state index contributed by atoms with van der Waals surface area (Å²) >= 11 is 3.48. The molecule has 0 bridgehead atoms. The first kappa shape index (κ1) is 11.7. The predicted molar refractivity (Wildman–Crippen MR) is 60.5 cm³/mol. The van der Waals surface area contributed by atoms with Crippen molar-refractivity contribution in [3.8, 4) is 0 Å². The van der Waals surface area contributed by atoms with Crippen LogP contribution in [0.2, 0.25) is 0 Å². The van der Waals surface area contributed by atoms with E-state index in [4.69, 9.17) is 10.2 Å². The monoisotopic (exact) mass is 258 g/mol. The Hall–Kier alpha value is -0.380. The molecule has 0 atom stereocenters. The van der Waals surface area contributed by atoms with E-state index in [2.05, 4.69) is 15.9 Å². The van der Waals surface area contributed by atoms with Crippen LogP contribution >= 0.6 is 15.9 Å². The topological polar surface area (TPSA) is 40.5 Å². The van der Waals surface area contributed by atoms with Gasteiger partial charge in [0.25, 0.3) is 0 Å². The number of hydrogen-bond donors (Lipinski definition) is 2. The summed E-state index contributed by atoms with van der Waals surface area (Å²) in [6.45, 7) is 3.98. The van der Waals surface area contributed by atoms with Crippen LogP contribution < -0.4 is 0 Å². The Kier molecular flexibility index (Phi) is 4.11. The van der Waals surface area contributed by atoms with Gasteiger partial charge in [-0.2, -0.15) is 0 Å². The third-order valence-electron chi connectivity index (χ3n) is 2.37. The second-order valence-electron chi connectivity index (χ2n) is 3.53. The van der Waals surface area contributed by atoms with E-state index >= 15 is 0 Å². The van der Waals surface area contributed by atoms with Crippen molar-refractivity contribution in [2.24, 2.45) is 0 Å². The molecule has 2 N–H and O–H groups in total. The number of hydrogen-bond acceptors (Lipinski definition) is 2. The maximum atomic E-state index is 9.06. The lowest BCUT2D eigenvalue weighted by Crippen LogP contribution is -2.09. The Labute approximate surface area is 92.7 Å². The smallest absolute Gasteiger partial charge is 0.0521 e. The molecular formula is C11H15BrO2. The average Bonchev–Trinajstić information content (AvgIpc) is 2.16. The molecule has 0 aliphatic heterocycles. The van der Waals surface area contributed by atoms with Gasteiger partial charge < -0.3 is 10.2 Å². The zero-order chi connectivity index (χ0) is 10.7. The standard InChI is InChI=1S/C11H15BrO2/c1-7-3-9(10(5-13)6-14)4-8(2)11(7)12/h3-4,10,13-14H,5-6H2,1-2H3. The average molecular weight is 259 g/mol. The lowest BCUT2D eigenvalue weighted by atomic mass is 9.97. The number of benzene rings is 1. The summed E-state index contributed by atoms with van der Waals surface area (Å²) in [5.74, 6) is -0.166. The molecule has 2 nitrogen and oxygen atoms in total. The van der Waals surface area contributed by atoms with Crippen molar-refractivity contribution in [3.63, 3.8) is 0 Å². The molecule has 1 aromatic carbocycles. The van der Waals surface area contributed by atoms with Crippen molar-refractivity contribution < 1.29 is 10.2 Å². The molecule has 1 rings (SSSR count). The highest BCUT2D eigenvalue weighted by Crippen LogP contribution is 2.26. The van der Waals surface area contributed by atoms with Crippen LogP contribution in [0.15, 0.2) is 16.6 Å². The summed E-state index contributed by atoms with van der Waals surface area (Å²) in [7, 11) is 0. The molecule has 0 fully saturated rings. The molecule has 3 heteroatoms. The highest BCUT2D eigenvalue weighted by atomic mass is 79.9. The van der Waals surface area contributed by atoms with E-state index in [9.17, 15) is 0 Å². The molecular weight excluding hydrogens is 244 g/mol. The quantitative estimate of drug-likeness (QED) is 0.873. The number of rotatable bonds is 3. The molecule has 0 radical (unpaired) electrons. The van der Waals surface area contributed by atoms with Crippen molar-refractivity contribution >= 4 is 15.9 Å². The summed E-state index contributed by atoms with van der Waals surface area (Å²) in [5.41, 5.74) is 3.26. The zero-order valence-electron chi connectivity index (χ0n) is 8.42. The molecule has 14 heavy (non-hydrogen) atoms. The summed E-state index contributed by atoms with van der Waals surface area (Å²) in [4.78, 5) is 0. The summed E-state index contributed by atoms with van der Waals surface area (Å²) in [6, 6.07) is 3.99. The van der Waals surface area contributed by atoms with Gasteiger partial charge in [-0.15, -0.1) is 0 Å². The minimum atomic E-state index is -0.166. The molecule has 0 aromatic heterocycles. The molecule has 0 aliphatic rings. The first-order chi connectivity index (χ1) is 6.60. The predicted octanol–water partition coefficient (Wildman–Crippen LogP) is 2.13. The lowest BCUT2D eigenvalue weighted by molar-refractivity contribution is 0.192. The number of halogens is 1. The van der Waals surface area contributed by atoms with E-state index < -0.39 is 0 Å². The SMILES string of the molecule is Cc1cc(C(CO)CO)cc(C)c1Br. The van der Waals surface area contributed by atoms with Gasteiger partial charge in [-0.3, -0.25) is 0 Å². The zero-order valence-corrected chi connectivity index (χ0v) is 10.0. The van der Waals surface area contributed by atoms with Crippen molar-refractivity contribution in [2.45, 2.75) is 19.8 Å². The van der Waals surface area contributed by atoms with Crippen LogP contribution in [0.1, 0.15) is 22.6 Å². The van der Waals surface area contributed by atoms with Gasteiger partial charge in [0.05, 0.1) is 13.2 Å². The fraction of sp³-hybridized carbons (Fsp3) is 0.455. The van der Waals surface area contributed by atoms with Gasteiger partial charge in [-0.05, 0) is 30.5 Å². The normalized spacial score (nSPS) is 11.0. The third kappa shape index (κ3) is 2.35. The molecule has 0 heterocycles. The molecule has 0 spiro atoms. The first-order valence-electron chi connectivity index (χ1n) is 4.58. The van der Waals surface area contributed by atoms with E-state index in [1.807, 2.05) is 26.0 Å². The van der Waals surface area contributed by atoms with Gasteiger partial charge in [0.2, 0.25) is 0 Å². The number of aliphatic hydroxyl groups excluding tert-OH is 2. The van der Waals surface area contributed by atoms with Crippen LogP contribution in [0.4, 0.5) is 0 Å². The van der Waals surface area contributed by atoms with Crippen LogP contribution in [0, 0.1) is 13.8 Å². The second-order valence-corrected chi connectivity index (χ2v) is 4.32. The fourth-order valence-corrected chi connectivity index (χ4v) is 1.71. The van der Waals surface area contributed by atoms with E-state index in [-0.39, 0.29) is 19.1 Å². The first-order valence-corrected chi connectivity index (χ1v) is 5.37. The van der Waals surface area contributed by atoms with Crippen LogP contribution in [0.5, 0.6) is 0 Å². The maximum absolute atomic E-state index is 9.06. The van der Waals surface area contributed by atoms with E-state index in [1.165, 1.54) is 0 Å². The van der Waals surface area contributed by atoms with Gasteiger partial charge in [0.15, 0.2) is 0 Å². The Morgan fingerprint density at radius 1 is 1.14 bits per heavy atom. The van der Waals surface area contributed by atoms with Gasteiger partial charge in [-0.25, -0.2) is 0 Å². The largest absolute Gasteiger partial charge is 0.396 e. The molecule has 78 valence electrons. The van der Waals surface area contributed by atoms with Crippen molar-refractivity contribution in [1.29, 1.82) is 0 Å². The van der Waals surface area contributed by atoms with Crippen LogP contribution in [-0.2, 0) is 0 Å². The highest BCUT2D eigenvalue weighted by molar-refractivity contribution is 9.10. The second kappa shape index (κ2) is 4.91. The number of aryl methyl sites for hydroxylation is 2. The van der Waals surface area contributed by atoms with Gasteiger partial charge in [0.1, 0.15) is 0 Å². The molecule has 1 aromatic rings. The Bertz CT molecular complexity index is 296. The molecule has 0 aliphatic carbocycles. The van der Waals surface area contributed by atoms with Gasteiger partial charge in [-0.1, -0.05) is 28.1 Å². The fourth-order valence-electron chi connectivity index (χ4n) is 1.48. The van der Waals surface area contributed by atoms with Crippen LogP contribution in [0.3, 0.4) is 0 Å². The van der Waals surface area contributed by atoms with E-state index in [1.54, 1.807) is 0 Å². The molecule has 0 saturated heterocycles. The summed E-state index contributed by atoms with van der Waals surface area (Å²) in [6.07, 6.45) is 0. The minimum absolute atomic E-state index is 0.0169.